The Hall–Kier alpha value is -3.95. The first kappa shape index (κ1) is 20.6. The van der Waals surface area contributed by atoms with Crippen molar-refractivity contribution in [1.29, 1.82) is 0 Å². The number of thiophene rings is 1. The van der Waals surface area contributed by atoms with E-state index in [-0.39, 0.29) is 0 Å². The Labute approximate surface area is 199 Å². The minimum absolute atomic E-state index is 0.660. The fourth-order valence-corrected chi connectivity index (χ4v) is 5.03. The first-order valence-corrected chi connectivity index (χ1v) is 11.7. The van der Waals surface area contributed by atoms with E-state index in [4.69, 9.17) is 4.98 Å². The van der Waals surface area contributed by atoms with E-state index in [0.717, 1.165) is 45.3 Å². The minimum Gasteiger partial charge on any atom is -0.321 e. The average molecular weight is 467 g/mol. The van der Waals surface area contributed by atoms with Crippen LogP contribution in [-0.2, 0) is 6.54 Å². The molecule has 0 amide bonds. The van der Waals surface area contributed by atoms with Crippen LogP contribution in [0.3, 0.4) is 0 Å². The van der Waals surface area contributed by atoms with Gasteiger partial charge in [-0.25, -0.2) is 15.0 Å². The van der Waals surface area contributed by atoms with Crippen LogP contribution >= 0.6 is 11.3 Å². The van der Waals surface area contributed by atoms with E-state index in [1.54, 1.807) is 11.3 Å². The van der Waals surface area contributed by atoms with Crippen LogP contribution in [0.25, 0.3) is 55.3 Å². The molecule has 0 aromatic carbocycles. The average Bonchev–Trinajstić information content (AvgIpc) is 3.55. The van der Waals surface area contributed by atoms with E-state index < -0.39 is 0 Å². The molecular formula is C25H22N8S. The van der Waals surface area contributed by atoms with Crippen molar-refractivity contribution in [1.82, 2.24) is 40.0 Å². The van der Waals surface area contributed by atoms with Crippen molar-refractivity contribution in [3.8, 4) is 33.1 Å². The van der Waals surface area contributed by atoms with Crippen LogP contribution in [0, 0.1) is 6.92 Å². The number of hydrogen-bond acceptors (Lipinski definition) is 7. The van der Waals surface area contributed by atoms with E-state index in [1.807, 2.05) is 44.9 Å². The molecule has 34 heavy (non-hydrogen) atoms. The number of rotatable bonds is 5. The summed E-state index contributed by atoms with van der Waals surface area (Å²) in [6.07, 6.45) is 7.41. The highest BCUT2D eigenvalue weighted by Crippen LogP contribution is 2.34. The zero-order valence-electron chi connectivity index (χ0n) is 19.0. The topological polar surface area (TPSA) is 99.3 Å². The molecule has 0 atom stereocenters. The molecule has 0 fully saturated rings. The second kappa shape index (κ2) is 8.12. The molecule has 8 nitrogen and oxygen atoms in total. The largest absolute Gasteiger partial charge is 0.321 e. The van der Waals surface area contributed by atoms with E-state index in [1.165, 1.54) is 9.75 Å². The van der Waals surface area contributed by atoms with Gasteiger partial charge in [-0.15, -0.1) is 11.3 Å². The number of fused-ring (bicyclic) bond motifs is 2. The summed E-state index contributed by atoms with van der Waals surface area (Å²) in [6.45, 7) is 2.93. The van der Waals surface area contributed by atoms with Gasteiger partial charge in [-0.2, -0.15) is 5.10 Å². The van der Waals surface area contributed by atoms with Crippen molar-refractivity contribution in [2.24, 2.45) is 0 Å². The Balaban J connectivity index is 1.45. The first-order valence-electron chi connectivity index (χ1n) is 10.9. The summed E-state index contributed by atoms with van der Waals surface area (Å²) in [5.74, 6) is 0.660. The summed E-state index contributed by atoms with van der Waals surface area (Å²) in [4.78, 5) is 26.3. The third-order valence-corrected chi connectivity index (χ3v) is 6.69. The van der Waals surface area contributed by atoms with Crippen molar-refractivity contribution in [3.05, 3.63) is 65.6 Å². The molecule has 6 aromatic heterocycles. The standard InChI is InChI=1S/C25H22N8S/c1-14-4-5-20(34-14)18-6-7-27-24-21(18)29-25(30-24)22-19-9-17(12-28-23(19)32-31-22)16-8-15(10-26-11-16)13-33(2)3/h4-12H,13H2,1-3H3,(H,27,29,30)(H,28,31,32). The maximum atomic E-state index is 4.90. The molecular weight excluding hydrogens is 444 g/mol. The van der Waals surface area contributed by atoms with E-state index in [9.17, 15) is 0 Å². The summed E-state index contributed by atoms with van der Waals surface area (Å²) in [6, 6.07) is 10.5. The maximum absolute atomic E-state index is 4.90. The van der Waals surface area contributed by atoms with Gasteiger partial charge in [0.2, 0.25) is 0 Å². The Morgan fingerprint density at radius 1 is 0.971 bits per heavy atom. The second-order valence-electron chi connectivity index (χ2n) is 8.56. The van der Waals surface area contributed by atoms with Gasteiger partial charge in [0.25, 0.3) is 0 Å². The molecule has 2 N–H and O–H groups in total. The summed E-state index contributed by atoms with van der Waals surface area (Å²) >= 11 is 1.75. The monoisotopic (exact) mass is 466 g/mol. The lowest BCUT2D eigenvalue weighted by molar-refractivity contribution is 0.402. The predicted octanol–water partition coefficient (Wildman–Crippen LogP) is 5.06. The van der Waals surface area contributed by atoms with Gasteiger partial charge in [0.15, 0.2) is 17.1 Å². The number of imidazole rings is 1. The van der Waals surface area contributed by atoms with Gasteiger partial charge >= 0.3 is 0 Å². The Morgan fingerprint density at radius 2 is 1.85 bits per heavy atom. The molecule has 0 aliphatic carbocycles. The molecule has 6 aromatic rings. The van der Waals surface area contributed by atoms with Crippen molar-refractivity contribution < 1.29 is 0 Å². The van der Waals surface area contributed by atoms with Crippen LogP contribution < -0.4 is 0 Å². The van der Waals surface area contributed by atoms with Crippen LogP contribution in [0.4, 0.5) is 0 Å². The smallest absolute Gasteiger partial charge is 0.161 e. The molecule has 0 aliphatic heterocycles. The number of pyridine rings is 3. The number of aryl methyl sites for hydroxylation is 1. The number of nitrogens with zero attached hydrogens (tertiary/aromatic N) is 6. The summed E-state index contributed by atoms with van der Waals surface area (Å²) in [5, 5.41) is 8.46. The molecule has 0 aliphatic rings. The molecule has 0 bridgehead atoms. The molecule has 9 heteroatoms. The zero-order chi connectivity index (χ0) is 23.2. The quantitative estimate of drug-likeness (QED) is 0.369. The van der Waals surface area contributed by atoms with E-state index in [2.05, 4.69) is 66.2 Å². The molecule has 0 spiro atoms. The van der Waals surface area contributed by atoms with E-state index >= 15 is 0 Å². The van der Waals surface area contributed by atoms with Crippen LogP contribution in [0.2, 0.25) is 0 Å². The number of aromatic nitrogens is 7. The number of hydrogen-bond donors (Lipinski definition) is 2. The van der Waals surface area contributed by atoms with Gasteiger partial charge in [-0.3, -0.25) is 10.1 Å². The molecule has 0 saturated heterocycles. The van der Waals surface area contributed by atoms with Crippen LogP contribution in [0.5, 0.6) is 0 Å². The van der Waals surface area contributed by atoms with E-state index in [0.29, 0.717) is 17.2 Å². The van der Waals surface area contributed by atoms with Crippen LogP contribution in [-0.4, -0.2) is 54.1 Å². The highest BCUT2D eigenvalue weighted by atomic mass is 32.1. The molecule has 0 saturated carbocycles. The summed E-state index contributed by atoms with van der Waals surface area (Å²) in [5.41, 5.74) is 7.20. The van der Waals surface area contributed by atoms with Crippen molar-refractivity contribution in [2.75, 3.05) is 14.1 Å². The normalized spacial score (nSPS) is 11.8. The van der Waals surface area contributed by atoms with Gasteiger partial charge in [0, 0.05) is 57.8 Å². The number of aromatic amines is 2. The zero-order valence-corrected chi connectivity index (χ0v) is 19.8. The first-order chi connectivity index (χ1) is 16.5. The fraction of sp³-hybridized carbons (Fsp3) is 0.160. The number of H-pyrrole nitrogens is 2. The van der Waals surface area contributed by atoms with Crippen molar-refractivity contribution in [3.63, 3.8) is 0 Å². The Bertz CT molecular complexity index is 1640. The molecule has 6 rings (SSSR count). The third kappa shape index (κ3) is 3.64. The van der Waals surface area contributed by atoms with Gasteiger partial charge in [-0.05, 0) is 56.9 Å². The summed E-state index contributed by atoms with van der Waals surface area (Å²) in [7, 11) is 4.09. The SMILES string of the molecule is Cc1ccc(-c2ccnc3[nH]c(-c4n[nH]c5ncc(-c6cncc(CN(C)C)c6)cc45)nc23)s1. The highest BCUT2D eigenvalue weighted by molar-refractivity contribution is 7.15. The van der Waals surface area contributed by atoms with Crippen molar-refractivity contribution >= 4 is 33.5 Å². The molecule has 0 radical (unpaired) electrons. The predicted molar refractivity (Wildman–Crippen MR) is 135 cm³/mol. The van der Waals surface area contributed by atoms with Gasteiger partial charge in [-0.1, -0.05) is 0 Å². The summed E-state index contributed by atoms with van der Waals surface area (Å²) < 4.78 is 0. The van der Waals surface area contributed by atoms with Crippen LogP contribution in [0.15, 0.2) is 55.1 Å². The lowest BCUT2D eigenvalue weighted by Crippen LogP contribution is -2.10. The minimum atomic E-state index is 0.660. The fourth-order valence-electron chi connectivity index (χ4n) is 4.14. The number of nitrogens with one attached hydrogen (secondary N) is 2. The van der Waals surface area contributed by atoms with Gasteiger partial charge in [0.05, 0.1) is 5.39 Å². The maximum Gasteiger partial charge on any atom is 0.161 e. The lowest BCUT2D eigenvalue weighted by Gasteiger charge is -2.10. The van der Waals surface area contributed by atoms with Gasteiger partial charge in [0.1, 0.15) is 11.2 Å². The van der Waals surface area contributed by atoms with Crippen LogP contribution in [0.1, 0.15) is 10.4 Å². The van der Waals surface area contributed by atoms with Crippen molar-refractivity contribution in [2.45, 2.75) is 13.5 Å². The highest BCUT2D eigenvalue weighted by Gasteiger charge is 2.17. The van der Waals surface area contributed by atoms with Gasteiger partial charge < -0.3 is 9.88 Å². The Kier molecular flexibility index (Phi) is 4.93. The molecule has 6 heterocycles. The second-order valence-corrected chi connectivity index (χ2v) is 9.85. The Morgan fingerprint density at radius 3 is 2.68 bits per heavy atom. The third-order valence-electron chi connectivity index (χ3n) is 5.66. The molecule has 168 valence electrons. The lowest BCUT2D eigenvalue weighted by atomic mass is 10.1. The molecule has 0 unspecified atom stereocenters.